The van der Waals surface area contributed by atoms with Gasteiger partial charge in [0, 0.05) is 30.9 Å². The summed E-state index contributed by atoms with van der Waals surface area (Å²) in [6.45, 7) is 2.87. The highest BCUT2D eigenvalue weighted by Crippen LogP contribution is 2.31. The van der Waals surface area contributed by atoms with Gasteiger partial charge in [-0.15, -0.1) is 0 Å². The van der Waals surface area contributed by atoms with Gasteiger partial charge >= 0.3 is 0 Å². The predicted octanol–water partition coefficient (Wildman–Crippen LogP) is 3.42. The number of aromatic nitrogens is 3. The van der Waals surface area contributed by atoms with Crippen molar-refractivity contribution in [1.82, 2.24) is 24.8 Å². The number of benzene rings is 1. The number of nitrogens with zero attached hydrogens (tertiary/aromatic N) is 5. The van der Waals surface area contributed by atoms with Gasteiger partial charge in [-0.1, -0.05) is 12.1 Å². The van der Waals surface area contributed by atoms with Crippen LogP contribution in [0.25, 0.3) is 10.9 Å². The Morgan fingerprint density at radius 1 is 1.12 bits per heavy atom. The molecule has 1 fully saturated rings. The molecule has 5 nitrogen and oxygen atoms in total. The standard InChI is InChI=1S/C21H25N5/c1-25(2)15-18-9-11-23-21(24-18)20-6-4-12-26(20)14-16-7-8-19-17(13-16)5-3-10-22-19/h3,5,7-11,13,20H,4,6,12,14-15H2,1-2H3/t20-/m1/s1. The van der Waals surface area contributed by atoms with Crippen molar-refractivity contribution >= 4 is 10.9 Å². The van der Waals surface area contributed by atoms with Gasteiger partial charge in [0.25, 0.3) is 0 Å². The summed E-state index contributed by atoms with van der Waals surface area (Å²) in [7, 11) is 4.14. The van der Waals surface area contributed by atoms with Crippen LogP contribution in [0.3, 0.4) is 0 Å². The lowest BCUT2D eigenvalue weighted by atomic mass is 10.1. The van der Waals surface area contributed by atoms with Gasteiger partial charge in [0.1, 0.15) is 5.82 Å². The van der Waals surface area contributed by atoms with Crippen LogP contribution in [0.4, 0.5) is 0 Å². The van der Waals surface area contributed by atoms with E-state index in [1.165, 1.54) is 17.4 Å². The summed E-state index contributed by atoms with van der Waals surface area (Å²) in [6.07, 6.45) is 6.07. The predicted molar refractivity (Wildman–Crippen MR) is 104 cm³/mol. The Labute approximate surface area is 154 Å². The molecule has 1 aromatic carbocycles. The summed E-state index contributed by atoms with van der Waals surface area (Å²) in [5.74, 6) is 0.962. The van der Waals surface area contributed by atoms with Crippen molar-refractivity contribution in [3.05, 3.63) is 65.9 Å². The summed E-state index contributed by atoms with van der Waals surface area (Å²) in [5.41, 5.74) is 3.46. The second-order valence-corrected chi connectivity index (χ2v) is 7.30. The largest absolute Gasteiger partial charge is 0.304 e. The molecule has 0 radical (unpaired) electrons. The third-order valence-corrected chi connectivity index (χ3v) is 4.92. The first-order valence-electron chi connectivity index (χ1n) is 9.23. The molecule has 1 saturated heterocycles. The normalized spacial score (nSPS) is 18.0. The van der Waals surface area contributed by atoms with Crippen molar-refractivity contribution in [2.24, 2.45) is 0 Å². The van der Waals surface area contributed by atoms with Gasteiger partial charge in [-0.2, -0.15) is 0 Å². The Morgan fingerprint density at radius 3 is 2.92 bits per heavy atom. The number of hydrogen-bond acceptors (Lipinski definition) is 5. The lowest BCUT2D eigenvalue weighted by Gasteiger charge is -2.24. The molecular formula is C21H25N5. The molecule has 0 N–H and O–H groups in total. The smallest absolute Gasteiger partial charge is 0.145 e. The Kier molecular flexibility index (Phi) is 4.91. The summed E-state index contributed by atoms with van der Waals surface area (Å²) in [4.78, 5) is 18.5. The first kappa shape index (κ1) is 17.1. The fourth-order valence-electron chi connectivity index (χ4n) is 3.75. The van der Waals surface area contributed by atoms with E-state index in [0.717, 1.165) is 43.1 Å². The second kappa shape index (κ2) is 7.48. The van der Waals surface area contributed by atoms with Crippen molar-refractivity contribution < 1.29 is 0 Å². The Hall–Kier alpha value is -2.37. The molecule has 0 unspecified atom stereocenters. The van der Waals surface area contributed by atoms with E-state index in [9.17, 15) is 0 Å². The van der Waals surface area contributed by atoms with Crippen molar-refractivity contribution in [1.29, 1.82) is 0 Å². The van der Waals surface area contributed by atoms with Crippen LogP contribution in [0.1, 0.15) is 36.0 Å². The van der Waals surface area contributed by atoms with Gasteiger partial charge in [-0.25, -0.2) is 9.97 Å². The summed E-state index contributed by atoms with van der Waals surface area (Å²) in [5, 5.41) is 1.20. The molecule has 0 amide bonds. The fraction of sp³-hybridized carbons (Fsp3) is 0.381. The quantitative estimate of drug-likeness (QED) is 0.708. The van der Waals surface area contributed by atoms with Crippen LogP contribution in [-0.2, 0) is 13.1 Å². The van der Waals surface area contributed by atoms with E-state index in [4.69, 9.17) is 4.98 Å². The highest BCUT2D eigenvalue weighted by molar-refractivity contribution is 5.78. The van der Waals surface area contributed by atoms with Crippen molar-refractivity contribution in [2.75, 3.05) is 20.6 Å². The maximum absolute atomic E-state index is 4.83. The van der Waals surface area contributed by atoms with Crippen LogP contribution >= 0.6 is 0 Å². The molecule has 1 aliphatic heterocycles. The van der Waals surface area contributed by atoms with Gasteiger partial charge < -0.3 is 4.90 Å². The van der Waals surface area contributed by atoms with Crippen LogP contribution in [0.15, 0.2) is 48.8 Å². The van der Waals surface area contributed by atoms with Crippen LogP contribution in [0.2, 0.25) is 0 Å². The molecule has 3 aromatic rings. The molecule has 1 atom stereocenters. The molecule has 4 rings (SSSR count). The molecule has 0 saturated carbocycles. The van der Waals surface area contributed by atoms with E-state index in [-0.39, 0.29) is 0 Å². The topological polar surface area (TPSA) is 45.2 Å². The van der Waals surface area contributed by atoms with E-state index in [1.807, 2.05) is 24.5 Å². The van der Waals surface area contributed by atoms with Gasteiger partial charge in [0.15, 0.2) is 0 Å². The third-order valence-electron chi connectivity index (χ3n) is 4.92. The molecule has 3 heterocycles. The number of likely N-dealkylation sites (tertiary alicyclic amines) is 1. The number of pyridine rings is 1. The maximum atomic E-state index is 4.83. The van der Waals surface area contributed by atoms with Crippen LogP contribution < -0.4 is 0 Å². The summed E-state index contributed by atoms with van der Waals surface area (Å²) < 4.78 is 0. The Bertz CT molecular complexity index is 892. The monoisotopic (exact) mass is 347 g/mol. The van der Waals surface area contributed by atoms with Crippen LogP contribution in [0, 0.1) is 0 Å². The van der Waals surface area contributed by atoms with Crippen molar-refractivity contribution in [3.8, 4) is 0 Å². The number of hydrogen-bond donors (Lipinski definition) is 0. The first-order valence-corrected chi connectivity index (χ1v) is 9.23. The van der Waals surface area contributed by atoms with E-state index < -0.39 is 0 Å². The average molecular weight is 347 g/mol. The zero-order valence-corrected chi connectivity index (χ0v) is 15.5. The van der Waals surface area contributed by atoms with Gasteiger partial charge in [0.2, 0.25) is 0 Å². The minimum Gasteiger partial charge on any atom is -0.304 e. The van der Waals surface area contributed by atoms with Gasteiger partial charge in [0.05, 0.1) is 17.3 Å². The zero-order valence-electron chi connectivity index (χ0n) is 15.5. The Balaban J connectivity index is 1.54. The number of rotatable bonds is 5. The average Bonchev–Trinajstić information content (AvgIpc) is 3.09. The summed E-state index contributed by atoms with van der Waals surface area (Å²) in [6, 6.07) is 13.0. The molecule has 0 aliphatic carbocycles. The minimum absolute atomic E-state index is 0.307. The lowest BCUT2D eigenvalue weighted by Crippen LogP contribution is -2.25. The van der Waals surface area contributed by atoms with Gasteiger partial charge in [-0.05, 0) is 63.3 Å². The maximum Gasteiger partial charge on any atom is 0.145 e. The third kappa shape index (κ3) is 3.74. The molecular weight excluding hydrogens is 322 g/mol. The lowest BCUT2D eigenvalue weighted by molar-refractivity contribution is 0.239. The van der Waals surface area contributed by atoms with E-state index in [2.05, 4.69) is 58.1 Å². The summed E-state index contributed by atoms with van der Waals surface area (Å²) >= 11 is 0. The SMILES string of the molecule is CN(C)Cc1ccnc([C@H]2CCCN2Cc2ccc3ncccc3c2)n1. The molecule has 26 heavy (non-hydrogen) atoms. The molecule has 0 spiro atoms. The van der Waals surface area contributed by atoms with Gasteiger partial charge in [-0.3, -0.25) is 9.88 Å². The molecule has 2 aromatic heterocycles. The van der Waals surface area contributed by atoms with E-state index >= 15 is 0 Å². The van der Waals surface area contributed by atoms with Crippen LogP contribution in [0.5, 0.6) is 0 Å². The molecule has 134 valence electrons. The highest BCUT2D eigenvalue weighted by atomic mass is 15.2. The molecule has 1 aliphatic rings. The van der Waals surface area contributed by atoms with Crippen molar-refractivity contribution in [3.63, 3.8) is 0 Å². The molecule has 0 bridgehead atoms. The first-order chi connectivity index (χ1) is 12.7. The Morgan fingerprint density at radius 2 is 2.04 bits per heavy atom. The second-order valence-electron chi connectivity index (χ2n) is 7.30. The van der Waals surface area contributed by atoms with Crippen LogP contribution in [-0.4, -0.2) is 45.4 Å². The van der Waals surface area contributed by atoms with E-state index in [0.29, 0.717) is 6.04 Å². The van der Waals surface area contributed by atoms with E-state index in [1.54, 1.807) is 0 Å². The molecule has 5 heteroatoms. The zero-order chi connectivity index (χ0) is 17.9. The highest BCUT2D eigenvalue weighted by Gasteiger charge is 2.28. The fourth-order valence-corrected chi connectivity index (χ4v) is 3.75. The minimum atomic E-state index is 0.307. The number of fused-ring (bicyclic) bond motifs is 1. The van der Waals surface area contributed by atoms with Crippen molar-refractivity contribution in [2.45, 2.75) is 32.0 Å².